The van der Waals surface area contributed by atoms with E-state index in [1.807, 2.05) is 0 Å². The molecule has 1 amide bonds. The van der Waals surface area contributed by atoms with E-state index in [0.717, 1.165) is 4.47 Å². The van der Waals surface area contributed by atoms with Crippen LogP contribution in [0.5, 0.6) is 0 Å². The van der Waals surface area contributed by atoms with Gasteiger partial charge in [-0.15, -0.1) is 0 Å². The van der Waals surface area contributed by atoms with Crippen molar-refractivity contribution in [2.75, 3.05) is 0 Å². The smallest absolute Gasteiger partial charge is 0.326 e. The number of amides is 1. The van der Waals surface area contributed by atoms with Gasteiger partial charge in [-0.3, -0.25) is 4.79 Å². The molecule has 0 aliphatic rings. The number of carboxylic acids is 1. The van der Waals surface area contributed by atoms with Gasteiger partial charge in [0.2, 0.25) is 0 Å². The van der Waals surface area contributed by atoms with Gasteiger partial charge in [0.1, 0.15) is 11.7 Å². The molecule has 17 heavy (non-hydrogen) atoms. The molecular formula is C11H13BrN2O3. The first-order valence-electron chi connectivity index (χ1n) is 5.07. The van der Waals surface area contributed by atoms with E-state index in [1.54, 1.807) is 19.9 Å². The molecule has 1 heterocycles. The Bertz CT molecular complexity index is 417. The molecule has 1 aromatic rings. The Morgan fingerprint density at radius 3 is 2.47 bits per heavy atom. The van der Waals surface area contributed by atoms with Gasteiger partial charge in [0, 0.05) is 10.7 Å². The van der Waals surface area contributed by atoms with E-state index in [2.05, 4.69) is 26.2 Å². The molecule has 0 aromatic carbocycles. The molecule has 0 bridgehead atoms. The number of aliphatic carboxylic acids is 1. The third kappa shape index (κ3) is 3.81. The van der Waals surface area contributed by atoms with Gasteiger partial charge in [0.15, 0.2) is 0 Å². The van der Waals surface area contributed by atoms with Crippen molar-refractivity contribution in [1.29, 1.82) is 0 Å². The van der Waals surface area contributed by atoms with Gasteiger partial charge in [-0.2, -0.15) is 0 Å². The average molecular weight is 301 g/mol. The quantitative estimate of drug-likeness (QED) is 0.887. The van der Waals surface area contributed by atoms with Gasteiger partial charge in [0.05, 0.1) is 0 Å². The van der Waals surface area contributed by atoms with E-state index in [4.69, 9.17) is 5.11 Å². The number of rotatable bonds is 4. The fourth-order valence-electron chi connectivity index (χ4n) is 1.24. The molecule has 0 saturated heterocycles. The van der Waals surface area contributed by atoms with Crippen molar-refractivity contribution < 1.29 is 14.7 Å². The SMILES string of the molecule is CC(C)C(NC(=O)c1ccc(Br)cn1)C(=O)O. The minimum Gasteiger partial charge on any atom is -0.480 e. The lowest BCUT2D eigenvalue weighted by atomic mass is 10.0. The normalized spacial score (nSPS) is 12.2. The Morgan fingerprint density at radius 2 is 2.06 bits per heavy atom. The number of carboxylic acid groups (broad SMARTS) is 1. The first-order valence-corrected chi connectivity index (χ1v) is 5.86. The summed E-state index contributed by atoms with van der Waals surface area (Å²) in [5.41, 5.74) is 0.195. The minimum atomic E-state index is -1.05. The van der Waals surface area contributed by atoms with Crippen LogP contribution in [0.2, 0.25) is 0 Å². The van der Waals surface area contributed by atoms with Crippen molar-refractivity contribution in [2.45, 2.75) is 19.9 Å². The van der Waals surface area contributed by atoms with E-state index in [0.29, 0.717) is 0 Å². The van der Waals surface area contributed by atoms with Gasteiger partial charge in [-0.25, -0.2) is 9.78 Å². The summed E-state index contributed by atoms with van der Waals surface area (Å²) in [5, 5.41) is 11.4. The van der Waals surface area contributed by atoms with Crippen LogP contribution in [0.25, 0.3) is 0 Å². The molecule has 1 unspecified atom stereocenters. The number of halogens is 1. The minimum absolute atomic E-state index is 0.188. The Morgan fingerprint density at radius 1 is 1.41 bits per heavy atom. The van der Waals surface area contributed by atoms with E-state index in [1.165, 1.54) is 12.3 Å². The van der Waals surface area contributed by atoms with Crippen LogP contribution in [0, 0.1) is 5.92 Å². The third-order valence-electron chi connectivity index (χ3n) is 2.18. The largest absolute Gasteiger partial charge is 0.480 e. The molecule has 0 fully saturated rings. The first kappa shape index (κ1) is 13.6. The summed E-state index contributed by atoms with van der Waals surface area (Å²) in [6.07, 6.45) is 1.49. The molecule has 1 rings (SSSR count). The number of pyridine rings is 1. The molecule has 1 aromatic heterocycles. The van der Waals surface area contributed by atoms with Gasteiger partial charge in [-0.05, 0) is 34.0 Å². The average Bonchev–Trinajstić information content (AvgIpc) is 2.25. The molecule has 2 N–H and O–H groups in total. The number of aromatic nitrogens is 1. The zero-order chi connectivity index (χ0) is 13.0. The van der Waals surface area contributed by atoms with Crippen LogP contribution in [-0.2, 0) is 4.79 Å². The molecule has 0 radical (unpaired) electrons. The number of carbonyl (C=O) groups is 2. The van der Waals surface area contributed by atoms with Gasteiger partial charge >= 0.3 is 5.97 Å². The summed E-state index contributed by atoms with van der Waals surface area (Å²) in [6, 6.07) is 2.29. The molecule has 0 aliphatic carbocycles. The van der Waals surface area contributed by atoms with E-state index < -0.39 is 17.9 Å². The maximum atomic E-state index is 11.7. The van der Waals surface area contributed by atoms with Crippen molar-refractivity contribution in [3.8, 4) is 0 Å². The molecule has 0 aliphatic heterocycles. The van der Waals surface area contributed by atoms with Gasteiger partial charge < -0.3 is 10.4 Å². The fourth-order valence-corrected chi connectivity index (χ4v) is 1.47. The fraction of sp³-hybridized carbons (Fsp3) is 0.364. The Balaban J connectivity index is 2.77. The van der Waals surface area contributed by atoms with Gasteiger partial charge in [-0.1, -0.05) is 13.8 Å². The predicted octanol–water partition coefficient (Wildman–Crippen LogP) is 1.68. The third-order valence-corrected chi connectivity index (χ3v) is 2.65. The Hall–Kier alpha value is -1.43. The lowest BCUT2D eigenvalue weighted by Gasteiger charge is -2.17. The van der Waals surface area contributed by atoms with Crippen molar-refractivity contribution in [3.05, 3.63) is 28.5 Å². The highest BCUT2D eigenvalue weighted by molar-refractivity contribution is 9.10. The van der Waals surface area contributed by atoms with Crippen molar-refractivity contribution >= 4 is 27.8 Å². The molecular weight excluding hydrogens is 288 g/mol. The summed E-state index contributed by atoms with van der Waals surface area (Å²) in [7, 11) is 0. The number of carbonyl (C=O) groups excluding carboxylic acids is 1. The van der Waals surface area contributed by atoms with Crippen LogP contribution in [-0.4, -0.2) is 28.0 Å². The molecule has 0 spiro atoms. The predicted molar refractivity (Wildman–Crippen MR) is 65.7 cm³/mol. The van der Waals surface area contributed by atoms with Crippen LogP contribution in [0.3, 0.4) is 0 Å². The monoisotopic (exact) mass is 300 g/mol. The molecule has 92 valence electrons. The standard InChI is InChI=1S/C11H13BrN2O3/c1-6(2)9(11(16)17)14-10(15)8-4-3-7(12)5-13-8/h3-6,9H,1-2H3,(H,14,15)(H,16,17). The zero-order valence-corrected chi connectivity index (χ0v) is 11.1. The molecule has 0 saturated carbocycles. The lowest BCUT2D eigenvalue weighted by molar-refractivity contribution is -0.140. The second kappa shape index (κ2) is 5.77. The zero-order valence-electron chi connectivity index (χ0n) is 9.48. The summed E-state index contributed by atoms with van der Waals surface area (Å²) in [6.45, 7) is 3.46. The number of hydrogen-bond acceptors (Lipinski definition) is 3. The summed E-state index contributed by atoms with van der Waals surface area (Å²) >= 11 is 3.20. The highest BCUT2D eigenvalue weighted by atomic mass is 79.9. The maximum Gasteiger partial charge on any atom is 0.326 e. The van der Waals surface area contributed by atoms with Crippen molar-refractivity contribution in [3.63, 3.8) is 0 Å². The molecule has 6 heteroatoms. The van der Waals surface area contributed by atoms with Crippen LogP contribution in [0.15, 0.2) is 22.8 Å². The van der Waals surface area contributed by atoms with E-state index in [-0.39, 0.29) is 11.6 Å². The van der Waals surface area contributed by atoms with E-state index in [9.17, 15) is 9.59 Å². The topological polar surface area (TPSA) is 79.3 Å². The van der Waals surface area contributed by atoms with Gasteiger partial charge in [0.25, 0.3) is 5.91 Å². The molecule has 1 atom stereocenters. The summed E-state index contributed by atoms with van der Waals surface area (Å²) < 4.78 is 0.757. The van der Waals surface area contributed by atoms with Crippen LogP contribution in [0.4, 0.5) is 0 Å². The maximum absolute atomic E-state index is 11.7. The second-order valence-electron chi connectivity index (χ2n) is 3.90. The number of nitrogens with zero attached hydrogens (tertiary/aromatic N) is 1. The van der Waals surface area contributed by atoms with Crippen molar-refractivity contribution in [2.24, 2.45) is 5.92 Å². The number of nitrogens with one attached hydrogen (secondary N) is 1. The lowest BCUT2D eigenvalue weighted by Crippen LogP contribution is -2.44. The Kier molecular flexibility index (Phi) is 4.62. The summed E-state index contributed by atoms with van der Waals surface area (Å²) in [5.74, 6) is -1.73. The van der Waals surface area contributed by atoms with Crippen LogP contribution < -0.4 is 5.32 Å². The molecule has 5 nitrogen and oxygen atoms in total. The van der Waals surface area contributed by atoms with Crippen LogP contribution in [0.1, 0.15) is 24.3 Å². The van der Waals surface area contributed by atoms with E-state index >= 15 is 0 Å². The number of hydrogen-bond donors (Lipinski definition) is 2. The highest BCUT2D eigenvalue weighted by Gasteiger charge is 2.24. The second-order valence-corrected chi connectivity index (χ2v) is 4.81. The highest BCUT2D eigenvalue weighted by Crippen LogP contribution is 2.08. The summed E-state index contributed by atoms with van der Waals surface area (Å²) in [4.78, 5) is 26.5. The first-order chi connectivity index (χ1) is 7.91. The Labute approximate surface area is 107 Å². The van der Waals surface area contributed by atoms with Crippen LogP contribution >= 0.6 is 15.9 Å². The van der Waals surface area contributed by atoms with Crippen molar-refractivity contribution in [1.82, 2.24) is 10.3 Å².